The van der Waals surface area contributed by atoms with Gasteiger partial charge in [0.2, 0.25) is 0 Å². The molecule has 0 spiro atoms. The Morgan fingerprint density at radius 1 is 1.45 bits per heavy atom. The molecular formula is C6H3BrIN3. The average Bonchev–Trinajstić information content (AvgIpc) is 2.31. The Morgan fingerprint density at radius 2 is 2.27 bits per heavy atom. The van der Waals surface area contributed by atoms with Crippen molar-refractivity contribution >= 4 is 49.6 Å². The molecule has 11 heavy (non-hydrogen) atoms. The Kier molecular flexibility index (Phi) is 1.84. The molecule has 0 aliphatic carbocycles. The van der Waals surface area contributed by atoms with Crippen molar-refractivity contribution in [3.8, 4) is 0 Å². The Balaban J connectivity index is 2.90. The monoisotopic (exact) mass is 323 g/mol. The number of hydrogen-bond donors (Lipinski definition) is 1. The maximum atomic E-state index is 4.06. The number of halogens is 2. The zero-order chi connectivity index (χ0) is 7.84. The van der Waals surface area contributed by atoms with Gasteiger partial charge in [-0.05, 0) is 44.6 Å². The number of aromatic amines is 1. The quantitative estimate of drug-likeness (QED) is 0.597. The number of aromatic nitrogens is 3. The van der Waals surface area contributed by atoms with Crippen molar-refractivity contribution in [2.24, 2.45) is 0 Å². The average molecular weight is 324 g/mol. The number of nitrogens with zero attached hydrogens (tertiary/aromatic N) is 2. The van der Waals surface area contributed by atoms with Crippen LogP contribution >= 0.6 is 38.5 Å². The van der Waals surface area contributed by atoms with Gasteiger partial charge in [-0.2, -0.15) is 0 Å². The van der Waals surface area contributed by atoms with Crippen molar-refractivity contribution in [1.82, 2.24) is 15.0 Å². The minimum atomic E-state index is 0.835. The number of H-pyrrole nitrogens is 1. The molecule has 2 rings (SSSR count). The highest BCUT2D eigenvalue weighted by atomic mass is 127. The molecule has 0 atom stereocenters. The summed E-state index contributed by atoms with van der Waals surface area (Å²) in [5.74, 6) is 0. The predicted octanol–water partition coefficient (Wildman–Crippen LogP) is 2.33. The zero-order valence-electron chi connectivity index (χ0n) is 5.31. The van der Waals surface area contributed by atoms with Crippen molar-refractivity contribution < 1.29 is 0 Å². The summed E-state index contributed by atoms with van der Waals surface area (Å²) in [4.78, 5) is 11.2. The SMILES string of the molecule is Brc1ncnc2[nH]c(I)cc12. The van der Waals surface area contributed by atoms with Crippen LogP contribution < -0.4 is 0 Å². The van der Waals surface area contributed by atoms with Gasteiger partial charge in [-0.25, -0.2) is 9.97 Å². The van der Waals surface area contributed by atoms with Crippen LogP contribution in [0.15, 0.2) is 17.0 Å². The first-order valence-corrected chi connectivity index (χ1v) is 4.79. The van der Waals surface area contributed by atoms with Crippen LogP contribution in [0.25, 0.3) is 11.0 Å². The standard InChI is InChI=1S/C6H3BrIN3/c7-5-3-1-4(8)11-6(3)10-2-9-5/h1-2H,(H,9,10,11). The summed E-state index contributed by atoms with van der Waals surface area (Å²) >= 11 is 5.54. The molecule has 2 heterocycles. The highest BCUT2D eigenvalue weighted by Crippen LogP contribution is 2.20. The molecule has 5 heteroatoms. The fourth-order valence-electron chi connectivity index (χ4n) is 0.878. The second-order valence-corrected chi connectivity index (χ2v) is 3.96. The lowest BCUT2D eigenvalue weighted by molar-refractivity contribution is 1.17. The van der Waals surface area contributed by atoms with Gasteiger partial charge < -0.3 is 4.98 Å². The molecule has 0 unspecified atom stereocenters. The lowest BCUT2D eigenvalue weighted by Gasteiger charge is -1.88. The van der Waals surface area contributed by atoms with Gasteiger partial charge in [-0.3, -0.25) is 0 Å². The van der Waals surface area contributed by atoms with Crippen LogP contribution in [0, 0.1) is 3.70 Å². The first kappa shape index (κ1) is 7.48. The topological polar surface area (TPSA) is 41.6 Å². The van der Waals surface area contributed by atoms with Crippen molar-refractivity contribution in [3.63, 3.8) is 0 Å². The Bertz CT molecular complexity index is 398. The van der Waals surface area contributed by atoms with E-state index in [0.717, 1.165) is 19.3 Å². The molecule has 0 radical (unpaired) electrons. The third kappa shape index (κ3) is 1.26. The molecule has 0 amide bonds. The molecular weight excluding hydrogens is 321 g/mol. The highest BCUT2D eigenvalue weighted by molar-refractivity contribution is 14.1. The Hall–Kier alpha value is -0.170. The normalized spacial score (nSPS) is 10.7. The van der Waals surface area contributed by atoms with E-state index in [2.05, 4.69) is 53.5 Å². The first-order chi connectivity index (χ1) is 5.27. The van der Waals surface area contributed by atoms with E-state index >= 15 is 0 Å². The second kappa shape index (κ2) is 2.71. The van der Waals surface area contributed by atoms with E-state index < -0.39 is 0 Å². The van der Waals surface area contributed by atoms with Crippen molar-refractivity contribution in [2.45, 2.75) is 0 Å². The maximum absolute atomic E-state index is 4.06. The highest BCUT2D eigenvalue weighted by Gasteiger charge is 2.02. The van der Waals surface area contributed by atoms with Crippen LogP contribution in [0.4, 0.5) is 0 Å². The van der Waals surface area contributed by atoms with Gasteiger partial charge in [-0.15, -0.1) is 0 Å². The van der Waals surface area contributed by atoms with Crippen LogP contribution in [0.5, 0.6) is 0 Å². The molecule has 0 fully saturated rings. The Labute approximate surface area is 84.9 Å². The molecule has 0 bridgehead atoms. The van der Waals surface area contributed by atoms with Crippen LogP contribution in [0.1, 0.15) is 0 Å². The second-order valence-electron chi connectivity index (χ2n) is 2.04. The van der Waals surface area contributed by atoms with Gasteiger partial charge in [-0.1, -0.05) is 0 Å². The molecule has 56 valence electrons. The summed E-state index contributed by atoms with van der Waals surface area (Å²) in [5.41, 5.74) is 0.872. The summed E-state index contributed by atoms with van der Waals surface area (Å²) in [6.07, 6.45) is 1.53. The number of hydrogen-bond acceptors (Lipinski definition) is 2. The van der Waals surface area contributed by atoms with Crippen LogP contribution in [0.2, 0.25) is 0 Å². The molecule has 0 aliphatic heterocycles. The minimum absolute atomic E-state index is 0.835. The third-order valence-electron chi connectivity index (χ3n) is 1.34. The van der Waals surface area contributed by atoms with E-state index in [0.29, 0.717) is 0 Å². The van der Waals surface area contributed by atoms with E-state index in [1.165, 1.54) is 6.33 Å². The molecule has 2 aromatic rings. The summed E-state index contributed by atoms with van der Waals surface area (Å²) in [6, 6.07) is 2.00. The van der Waals surface area contributed by atoms with Gasteiger partial charge in [0.15, 0.2) is 0 Å². The Morgan fingerprint density at radius 3 is 3.00 bits per heavy atom. The fourth-order valence-corrected chi connectivity index (χ4v) is 1.84. The first-order valence-electron chi connectivity index (χ1n) is 2.92. The summed E-state index contributed by atoms with van der Waals surface area (Å²) < 4.78 is 1.90. The van der Waals surface area contributed by atoms with Crippen LogP contribution in [-0.2, 0) is 0 Å². The van der Waals surface area contributed by atoms with Gasteiger partial charge >= 0.3 is 0 Å². The molecule has 1 N–H and O–H groups in total. The molecule has 0 saturated heterocycles. The van der Waals surface area contributed by atoms with E-state index in [9.17, 15) is 0 Å². The van der Waals surface area contributed by atoms with E-state index in [-0.39, 0.29) is 0 Å². The zero-order valence-corrected chi connectivity index (χ0v) is 9.05. The summed E-state index contributed by atoms with van der Waals surface area (Å²) in [7, 11) is 0. The summed E-state index contributed by atoms with van der Waals surface area (Å²) in [5, 5.41) is 1.02. The van der Waals surface area contributed by atoms with Crippen molar-refractivity contribution in [1.29, 1.82) is 0 Å². The molecule has 0 saturated carbocycles. The van der Waals surface area contributed by atoms with Gasteiger partial charge in [0.25, 0.3) is 0 Å². The van der Waals surface area contributed by atoms with Gasteiger partial charge in [0, 0.05) is 0 Å². The van der Waals surface area contributed by atoms with Crippen molar-refractivity contribution in [3.05, 3.63) is 20.7 Å². The van der Waals surface area contributed by atoms with Crippen LogP contribution in [-0.4, -0.2) is 15.0 Å². The number of rotatable bonds is 0. The molecule has 3 nitrogen and oxygen atoms in total. The lowest BCUT2D eigenvalue weighted by atomic mass is 10.4. The predicted molar refractivity (Wildman–Crippen MR) is 54.3 cm³/mol. The molecule has 2 aromatic heterocycles. The van der Waals surface area contributed by atoms with E-state index in [1.807, 2.05) is 6.07 Å². The molecule has 0 aliphatic rings. The van der Waals surface area contributed by atoms with Crippen LogP contribution in [0.3, 0.4) is 0 Å². The van der Waals surface area contributed by atoms with Crippen molar-refractivity contribution in [2.75, 3.05) is 0 Å². The van der Waals surface area contributed by atoms with Gasteiger partial charge in [0.05, 0.1) is 9.09 Å². The maximum Gasteiger partial charge on any atom is 0.142 e. The van der Waals surface area contributed by atoms with Gasteiger partial charge in [0.1, 0.15) is 16.6 Å². The van der Waals surface area contributed by atoms with E-state index in [1.54, 1.807) is 0 Å². The minimum Gasteiger partial charge on any atom is -0.335 e. The lowest BCUT2D eigenvalue weighted by Crippen LogP contribution is -1.79. The largest absolute Gasteiger partial charge is 0.335 e. The fraction of sp³-hybridized carbons (Fsp3) is 0. The third-order valence-corrected chi connectivity index (χ3v) is 2.56. The molecule has 0 aromatic carbocycles. The summed E-state index contributed by atoms with van der Waals surface area (Å²) in [6.45, 7) is 0. The number of nitrogens with one attached hydrogen (secondary N) is 1. The van der Waals surface area contributed by atoms with E-state index in [4.69, 9.17) is 0 Å². The smallest absolute Gasteiger partial charge is 0.142 e. The number of fused-ring (bicyclic) bond motifs is 1.